The monoisotopic (exact) mass is 591 g/mol. The highest BCUT2D eigenvalue weighted by Gasteiger charge is 2.35. The van der Waals surface area contributed by atoms with Crippen molar-refractivity contribution in [2.24, 2.45) is 0 Å². The summed E-state index contributed by atoms with van der Waals surface area (Å²) in [7, 11) is 1.57. The van der Waals surface area contributed by atoms with Gasteiger partial charge in [0, 0.05) is 5.02 Å². The van der Waals surface area contributed by atoms with Gasteiger partial charge in [-0.1, -0.05) is 60.1 Å². The number of carbonyl (C=O) groups excluding carboxylic acids is 2. The van der Waals surface area contributed by atoms with Crippen molar-refractivity contribution in [1.82, 2.24) is 4.90 Å². The molecule has 0 bridgehead atoms. The molecule has 4 rings (SSSR count). The third kappa shape index (κ3) is 5.54. The van der Waals surface area contributed by atoms with Gasteiger partial charge in [-0.15, -0.1) is 0 Å². The second-order valence-corrected chi connectivity index (χ2v) is 9.73. The van der Waals surface area contributed by atoms with Crippen LogP contribution in [0.2, 0.25) is 5.02 Å². The smallest absolute Gasteiger partial charge is 0.293 e. The van der Waals surface area contributed by atoms with Crippen LogP contribution in [0.5, 0.6) is 11.5 Å². The highest BCUT2D eigenvalue weighted by atomic mass is 127. The topological polar surface area (TPSA) is 55.8 Å². The molecule has 1 aliphatic rings. The second kappa shape index (κ2) is 10.6. The lowest BCUT2D eigenvalue weighted by molar-refractivity contribution is -0.123. The van der Waals surface area contributed by atoms with E-state index in [-0.39, 0.29) is 17.7 Å². The van der Waals surface area contributed by atoms with Gasteiger partial charge in [0.05, 0.1) is 22.1 Å². The zero-order valence-electron chi connectivity index (χ0n) is 17.6. The summed E-state index contributed by atoms with van der Waals surface area (Å²) in [5.74, 6) is 0.841. The van der Waals surface area contributed by atoms with Gasteiger partial charge in [0.2, 0.25) is 0 Å². The molecule has 0 aliphatic carbocycles. The Morgan fingerprint density at radius 3 is 2.52 bits per heavy atom. The van der Waals surface area contributed by atoms with E-state index >= 15 is 0 Å². The molecule has 168 valence electrons. The van der Waals surface area contributed by atoms with E-state index in [1.54, 1.807) is 31.4 Å². The van der Waals surface area contributed by atoms with Crippen molar-refractivity contribution in [3.63, 3.8) is 0 Å². The zero-order valence-corrected chi connectivity index (χ0v) is 21.3. The molecule has 1 aliphatic heterocycles. The lowest BCUT2D eigenvalue weighted by Crippen LogP contribution is -2.27. The highest BCUT2D eigenvalue weighted by molar-refractivity contribution is 14.1. The Kier molecular flexibility index (Phi) is 7.62. The molecule has 1 heterocycles. The fourth-order valence-corrected chi connectivity index (χ4v) is 5.09. The Morgan fingerprint density at radius 2 is 1.79 bits per heavy atom. The van der Waals surface area contributed by atoms with E-state index in [1.165, 1.54) is 4.90 Å². The van der Waals surface area contributed by atoms with Gasteiger partial charge < -0.3 is 9.47 Å². The van der Waals surface area contributed by atoms with Crippen molar-refractivity contribution in [1.29, 1.82) is 0 Å². The molecule has 8 heteroatoms. The molecule has 0 unspecified atom stereocenters. The normalized spacial score (nSPS) is 14.8. The summed E-state index contributed by atoms with van der Waals surface area (Å²) in [6.45, 7) is 0.544. The number of methoxy groups -OCH3 is 1. The molecule has 3 aromatic rings. The van der Waals surface area contributed by atoms with E-state index < -0.39 is 0 Å². The van der Waals surface area contributed by atoms with Gasteiger partial charge in [0.25, 0.3) is 11.1 Å². The molecule has 33 heavy (non-hydrogen) atoms. The van der Waals surface area contributed by atoms with E-state index in [0.29, 0.717) is 28.0 Å². The van der Waals surface area contributed by atoms with Crippen LogP contribution < -0.4 is 9.47 Å². The van der Waals surface area contributed by atoms with Crippen molar-refractivity contribution in [2.75, 3.05) is 7.11 Å². The Balaban J connectivity index is 1.54. The SMILES string of the molecule is COc1cc(/C=C2/SC(=O)N(Cc3ccccc3Cl)C2=O)cc(I)c1OCc1ccccc1. The molecule has 0 aromatic heterocycles. The number of amides is 2. The van der Waals surface area contributed by atoms with Crippen LogP contribution >= 0.6 is 46.0 Å². The van der Waals surface area contributed by atoms with Crippen LogP contribution in [0.4, 0.5) is 4.79 Å². The summed E-state index contributed by atoms with van der Waals surface area (Å²) in [5.41, 5.74) is 2.51. The first-order valence-corrected chi connectivity index (χ1v) is 12.3. The first-order valence-electron chi connectivity index (χ1n) is 9.99. The molecular weight excluding hydrogens is 573 g/mol. The summed E-state index contributed by atoms with van der Waals surface area (Å²) in [6, 6.07) is 20.7. The molecular formula is C25H19ClINO4S. The number of hydrogen-bond acceptors (Lipinski definition) is 5. The molecule has 5 nitrogen and oxygen atoms in total. The number of halogens is 2. The van der Waals surface area contributed by atoms with Crippen LogP contribution in [-0.2, 0) is 17.9 Å². The number of thioether (sulfide) groups is 1. The minimum absolute atomic E-state index is 0.134. The molecule has 1 fully saturated rings. The van der Waals surface area contributed by atoms with Crippen LogP contribution in [0.1, 0.15) is 16.7 Å². The van der Waals surface area contributed by atoms with Gasteiger partial charge in [0.15, 0.2) is 11.5 Å². The van der Waals surface area contributed by atoms with E-state index in [4.69, 9.17) is 21.1 Å². The van der Waals surface area contributed by atoms with Gasteiger partial charge in [-0.3, -0.25) is 14.5 Å². The summed E-state index contributed by atoms with van der Waals surface area (Å²) < 4.78 is 12.4. The highest BCUT2D eigenvalue weighted by Crippen LogP contribution is 2.38. The Bertz CT molecular complexity index is 1230. The standard InChI is InChI=1S/C25H19ClINO4S/c1-31-21-12-17(11-20(27)23(21)32-15-16-7-3-2-4-8-16)13-22-24(29)28(25(30)33-22)14-18-9-5-6-10-19(18)26/h2-13H,14-15H2,1H3/b22-13+. The number of imide groups is 1. The molecule has 0 N–H and O–H groups in total. The van der Waals surface area contributed by atoms with Gasteiger partial charge in [0.1, 0.15) is 6.61 Å². The van der Waals surface area contributed by atoms with Crippen molar-refractivity contribution in [3.8, 4) is 11.5 Å². The quantitative estimate of drug-likeness (QED) is 0.224. The molecule has 0 atom stereocenters. The predicted molar refractivity (Wildman–Crippen MR) is 139 cm³/mol. The summed E-state index contributed by atoms with van der Waals surface area (Å²) in [5, 5.41) is 0.196. The van der Waals surface area contributed by atoms with Crippen molar-refractivity contribution in [2.45, 2.75) is 13.2 Å². The van der Waals surface area contributed by atoms with Crippen LogP contribution in [0.15, 0.2) is 71.6 Å². The minimum atomic E-state index is -0.344. The Morgan fingerprint density at radius 1 is 1.06 bits per heavy atom. The maximum absolute atomic E-state index is 12.9. The number of ether oxygens (including phenoxy) is 2. The van der Waals surface area contributed by atoms with Gasteiger partial charge >= 0.3 is 0 Å². The van der Waals surface area contributed by atoms with Crippen molar-refractivity contribution >= 4 is 63.2 Å². The third-order valence-corrected chi connectivity index (χ3v) is 7.01. The number of benzene rings is 3. The van der Waals surface area contributed by atoms with E-state index in [9.17, 15) is 9.59 Å². The fourth-order valence-electron chi connectivity index (χ4n) is 3.28. The summed E-state index contributed by atoms with van der Waals surface area (Å²) in [6.07, 6.45) is 1.70. The Hall–Kier alpha value is -2.49. The molecule has 3 aromatic carbocycles. The number of rotatable bonds is 7. The van der Waals surface area contributed by atoms with Crippen LogP contribution in [0, 0.1) is 3.57 Å². The molecule has 0 radical (unpaired) electrons. The fraction of sp³-hybridized carbons (Fsp3) is 0.120. The zero-order chi connectivity index (χ0) is 23.4. The van der Waals surface area contributed by atoms with E-state index in [2.05, 4.69) is 22.6 Å². The van der Waals surface area contributed by atoms with Crippen LogP contribution in [-0.4, -0.2) is 23.2 Å². The number of hydrogen-bond donors (Lipinski definition) is 0. The lowest BCUT2D eigenvalue weighted by atomic mass is 10.1. The van der Waals surface area contributed by atoms with Crippen molar-refractivity contribution < 1.29 is 19.1 Å². The van der Waals surface area contributed by atoms with Gasteiger partial charge in [-0.05, 0) is 75.3 Å². The van der Waals surface area contributed by atoms with E-state index in [1.807, 2.05) is 48.5 Å². The average Bonchev–Trinajstić information content (AvgIpc) is 3.07. The lowest BCUT2D eigenvalue weighted by Gasteiger charge is -2.14. The van der Waals surface area contributed by atoms with Gasteiger partial charge in [-0.2, -0.15) is 0 Å². The largest absolute Gasteiger partial charge is 0.493 e. The van der Waals surface area contributed by atoms with Crippen LogP contribution in [0.25, 0.3) is 6.08 Å². The third-order valence-electron chi connectivity index (χ3n) is 4.94. The van der Waals surface area contributed by atoms with Crippen LogP contribution in [0.3, 0.4) is 0 Å². The molecule has 2 amide bonds. The van der Waals surface area contributed by atoms with Crippen molar-refractivity contribution in [3.05, 3.63) is 96.9 Å². The molecule has 0 saturated carbocycles. The summed E-state index contributed by atoms with van der Waals surface area (Å²) in [4.78, 5) is 27.0. The second-order valence-electron chi connectivity index (χ2n) is 7.17. The maximum atomic E-state index is 12.9. The Labute approximate surface area is 214 Å². The minimum Gasteiger partial charge on any atom is -0.493 e. The summed E-state index contributed by atoms with van der Waals surface area (Å²) >= 11 is 9.29. The number of nitrogens with zero attached hydrogens (tertiary/aromatic N) is 1. The van der Waals surface area contributed by atoms with E-state index in [0.717, 1.165) is 32.0 Å². The maximum Gasteiger partial charge on any atom is 0.293 e. The number of carbonyl (C=O) groups is 2. The first kappa shape index (κ1) is 23.7. The predicted octanol–water partition coefficient (Wildman–Crippen LogP) is 6.77. The van der Waals surface area contributed by atoms with Gasteiger partial charge in [-0.25, -0.2) is 0 Å². The molecule has 1 saturated heterocycles. The first-order chi connectivity index (χ1) is 16.0. The average molecular weight is 592 g/mol. The molecule has 0 spiro atoms.